The summed E-state index contributed by atoms with van der Waals surface area (Å²) in [5, 5.41) is 0. The number of rotatable bonds is 2. The molecule has 0 aliphatic carbocycles. The minimum Gasteiger partial charge on any atom is -0.493 e. The molecule has 3 rings (SSSR count). The lowest BCUT2D eigenvalue weighted by atomic mass is 9.86. The Kier molecular flexibility index (Phi) is 3.09. The summed E-state index contributed by atoms with van der Waals surface area (Å²) in [6.07, 6.45) is 3.62. The van der Waals surface area contributed by atoms with Crippen LogP contribution in [-0.2, 0) is 11.2 Å². The zero-order valence-electron chi connectivity index (χ0n) is 11.4. The van der Waals surface area contributed by atoms with Crippen molar-refractivity contribution < 1.29 is 14.3 Å². The Labute approximate surface area is 113 Å². The quantitative estimate of drug-likeness (QED) is 0.820. The Morgan fingerprint density at radius 2 is 1.89 bits per heavy atom. The molecule has 4 heteroatoms. The molecule has 0 spiro atoms. The highest BCUT2D eigenvalue weighted by atomic mass is 16.5. The second-order valence-corrected chi connectivity index (χ2v) is 5.15. The van der Waals surface area contributed by atoms with E-state index in [9.17, 15) is 4.79 Å². The Balaban J connectivity index is 2.04. The van der Waals surface area contributed by atoms with E-state index in [4.69, 9.17) is 9.47 Å². The third-order valence-corrected chi connectivity index (χ3v) is 4.19. The number of nitrogens with zero attached hydrogens (tertiary/aromatic N) is 1. The highest BCUT2D eigenvalue weighted by molar-refractivity contribution is 5.78. The van der Waals surface area contributed by atoms with Crippen molar-refractivity contribution in [1.82, 2.24) is 4.90 Å². The van der Waals surface area contributed by atoms with Crippen LogP contribution in [0.25, 0.3) is 0 Å². The molecule has 1 aromatic rings. The van der Waals surface area contributed by atoms with Gasteiger partial charge in [0.2, 0.25) is 5.91 Å². The van der Waals surface area contributed by atoms with E-state index in [2.05, 4.69) is 6.07 Å². The first-order valence-corrected chi connectivity index (χ1v) is 6.79. The monoisotopic (exact) mass is 261 g/mol. The van der Waals surface area contributed by atoms with E-state index in [0.29, 0.717) is 6.42 Å². The van der Waals surface area contributed by atoms with Crippen LogP contribution in [0.3, 0.4) is 0 Å². The van der Waals surface area contributed by atoms with E-state index in [1.807, 2.05) is 11.0 Å². The molecule has 2 aliphatic rings. The van der Waals surface area contributed by atoms with Crippen LogP contribution in [-0.4, -0.2) is 31.6 Å². The summed E-state index contributed by atoms with van der Waals surface area (Å²) in [7, 11) is 3.31. The molecule has 0 bridgehead atoms. The number of piperidine rings is 1. The molecule has 1 fully saturated rings. The van der Waals surface area contributed by atoms with Gasteiger partial charge < -0.3 is 14.4 Å². The zero-order chi connectivity index (χ0) is 13.4. The first-order chi connectivity index (χ1) is 9.24. The van der Waals surface area contributed by atoms with Gasteiger partial charge >= 0.3 is 0 Å². The number of methoxy groups -OCH3 is 2. The molecule has 1 amide bonds. The first-order valence-electron chi connectivity index (χ1n) is 6.79. The number of fused-ring (bicyclic) bond motifs is 3. The summed E-state index contributed by atoms with van der Waals surface area (Å²) in [6, 6.07) is 4.33. The van der Waals surface area contributed by atoms with Crippen molar-refractivity contribution in [3.63, 3.8) is 0 Å². The van der Waals surface area contributed by atoms with E-state index >= 15 is 0 Å². The largest absolute Gasteiger partial charge is 0.493 e. The highest BCUT2D eigenvalue weighted by Gasteiger charge is 2.34. The van der Waals surface area contributed by atoms with Crippen LogP contribution in [0.2, 0.25) is 0 Å². The molecule has 19 heavy (non-hydrogen) atoms. The molecular formula is C15H19NO3. The van der Waals surface area contributed by atoms with Crippen LogP contribution >= 0.6 is 0 Å². The fourth-order valence-corrected chi connectivity index (χ4v) is 3.23. The van der Waals surface area contributed by atoms with E-state index in [1.54, 1.807) is 14.2 Å². The van der Waals surface area contributed by atoms with Gasteiger partial charge in [-0.1, -0.05) is 0 Å². The van der Waals surface area contributed by atoms with Crippen molar-refractivity contribution in [2.24, 2.45) is 0 Å². The summed E-state index contributed by atoms with van der Waals surface area (Å²) in [4.78, 5) is 14.0. The molecular weight excluding hydrogens is 242 g/mol. The molecule has 1 saturated heterocycles. The van der Waals surface area contributed by atoms with Crippen molar-refractivity contribution in [1.29, 1.82) is 0 Å². The van der Waals surface area contributed by atoms with Gasteiger partial charge in [0, 0.05) is 13.0 Å². The Bertz CT molecular complexity index is 512. The van der Waals surface area contributed by atoms with Crippen molar-refractivity contribution in [3.8, 4) is 11.5 Å². The van der Waals surface area contributed by atoms with Gasteiger partial charge in [0.25, 0.3) is 0 Å². The van der Waals surface area contributed by atoms with Gasteiger partial charge in [-0.15, -0.1) is 0 Å². The Hall–Kier alpha value is -1.71. The van der Waals surface area contributed by atoms with Gasteiger partial charge in [-0.3, -0.25) is 4.79 Å². The smallest absolute Gasteiger partial charge is 0.223 e. The van der Waals surface area contributed by atoms with Crippen LogP contribution in [0.5, 0.6) is 11.5 Å². The minimum atomic E-state index is 0.227. The first kappa shape index (κ1) is 12.3. The van der Waals surface area contributed by atoms with Gasteiger partial charge in [0.15, 0.2) is 11.5 Å². The summed E-state index contributed by atoms with van der Waals surface area (Å²) in [6.45, 7) is 0.825. The molecule has 2 aliphatic heterocycles. The molecule has 0 radical (unpaired) electrons. The van der Waals surface area contributed by atoms with Crippen molar-refractivity contribution in [3.05, 3.63) is 23.3 Å². The lowest BCUT2D eigenvalue weighted by Crippen LogP contribution is -2.42. The van der Waals surface area contributed by atoms with Crippen LogP contribution in [0.15, 0.2) is 12.1 Å². The Morgan fingerprint density at radius 3 is 2.63 bits per heavy atom. The fraction of sp³-hybridized carbons (Fsp3) is 0.533. The minimum absolute atomic E-state index is 0.227. The maximum absolute atomic E-state index is 12.0. The van der Waals surface area contributed by atoms with Crippen molar-refractivity contribution >= 4 is 5.91 Å². The number of amides is 1. The average Bonchev–Trinajstić information content (AvgIpc) is 2.45. The molecule has 0 saturated carbocycles. The van der Waals surface area contributed by atoms with Gasteiger partial charge in [0.1, 0.15) is 0 Å². The fourth-order valence-electron chi connectivity index (χ4n) is 3.23. The molecule has 4 nitrogen and oxygen atoms in total. The number of hydrogen-bond acceptors (Lipinski definition) is 3. The lowest BCUT2D eigenvalue weighted by Gasteiger charge is -2.40. The van der Waals surface area contributed by atoms with Gasteiger partial charge in [0.05, 0.1) is 20.3 Å². The van der Waals surface area contributed by atoms with E-state index in [0.717, 1.165) is 37.3 Å². The number of carbonyl (C=O) groups is 1. The summed E-state index contributed by atoms with van der Waals surface area (Å²) in [5.74, 6) is 1.81. The average molecular weight is 261 g/mol. The normalized spacial score (nSPS) is 21.7. The summed E-state index contributed by atoms with van der Waals surface area (Å²) in [5.41, 5.74) is 2.52. The predicted octanol–water partition coefficient (Wildman–Crippen LogP) is 2.31. The van der Waals surface area contributed by atoms with Crippen molar-refractivity contribution in [2.75, 3.05) is 20.8 Å². The van der Waals surface area contributed by atoms with Crippen LogP contribution < -0.4 is 9.47 Å². The van der Waals surface area contributed by atoms with Crippen LogP contribution in [0.4, 0.5) is 0 Å². The van der Waals surface area contributed by atoms with Crippen molar-refractivity contribution in [2.45, 2.75) is 31.7 Å². The third-order valence-electron chi connectivity index (χ3n) is 4.19. The summed E-state index contributed by atoms with van der Waals surface area (Å²) < 4.78 is 10.7. The molecule has 2 heterocycles. The van der Waals surface area contributed by atoms with E-state index < -0.39 is 0 Å². The molecule has 102 valence electrons. The lowest BCUT2D eigenvalue weighted by molar-refractivity contribution is -0.137. The second-order valence-electron chi connectivity index (χ2n) is 5.15. The second kappa shape index (κ2) is 4.76. The maximum Gasteiger partial charge on any atom is 0.223 e. The molecule has 0 aromatic heterocycles. The number of ether oxygens (including phenoxy) is 2. The molecule has 1 aromatic carbocycles. The SMILES string of the molecule is COc1cc2c(cc1OC)[C@@H]1CCCC(=O)N1CC2. The highest BCUT2D eigenvalue weighted by Crippen LogP contribution is 2.41. The zero-order valence-corrected chi connectivity index (χ0v) is 11.4. The number of hydrogen-bond donors (Lipinski definition) is 0. The van der Waals surface area contributed by atoms with Gasteiger partial charge in [-0.25, -0.2) is 0 Å². The van der Waals surface area contributed by atoms with Crippen LogP contribution in [0, 0.1) is 0 Å². The van der Waals surface area contributed by atoms with E-state index in [1.165, 1.54) is 11.1 Å². The number of benzene rings is 1. The van der Waals surface area contributed by atoms with E-state index in [-0.39, 0.29) is 11.9 Å². The third kappa shape index (κ3) is 1.95. The topological polar surface area (TPSA) is 38.8 Å². The molecule has 1 atom stereocenters. The Morgan fingerprint density at radius 1 is 1.16 bits per heavy atom. The molecule has 0 N–H and O–H groups in total. The van der Waals surface area contributed by atoms with Crippen LogP contribution in [0.1, 0.15) is 36.4 Å². The maximum atomic E-state index is 12.0. The van der Waals surface area contributed by atoms with Gasteiger partial charge in [-0.2, -0.15) is 0 Å². The molecule has 0 unspecified atom stereocenters. The summed E-state index contributed by atoms with van der Waals surface area (Å²) >= 11 is 0. The predicted molar refractivity (Wildman–Crippen MR) is 71.6 cm³/mol. The number of carbonyl (C=O) groups excluding carboxylic acids is 1. The van der Waals surface area contributed by atoms with Gasteiger partial charge in [-0.05, 0) is 42.5 Å². The standard InChI is InChI=1S/C15H19NO3/c1-18-13-8-10-6-7-16-12(4-3-5-15(16)17)11(10)9-14(13)19-2/h8-9,12H,3-7H2,1-2H3/t12-/m0/s1.